The van der Waals surface area contributed by atoms with E-state index in [0.29, 0.717) is 23.9 Å². The van der Waals surface area contributed by atoms with Gasteiger partial charge in [0.15, 0.2) is 0 Å². The molecule has 0 aliphatic heterocycles. The van der Waals surface area contributed by atoms with Crippen LogP contribution in [-0.2, 0) is 4.79 Å². The zero-order chi connectivity index (χ0) is 14.5. The second kappa shape index (κ2) is 8.72. The van der Waals surface area contributed by atoms with Crippen LogP contribution in [0, 0.1) is 0 Å². The summed E-state index contributed by atoms with van der Waals surface area (Å²) >= 11 is 9.17. The fraction of sp³-hybridized carbons (Fsp3) is 0.462. The molecule has 0 saturated carbocycles. The van der Waals surface area contributed by atoms with E-state index >= 15 is 0 Å². The van der Waals surface area contributed by atoms with Gasteiger partial charge in [0, 0.05) is 17.1 Å². The average Bonchev–Trinajstić information content (AvgIpc) is 2.28. The third-order valence-corrected chi connectivity index (χ3v) is 3.08. The lowest BCUT2D eigenvalue weighted by Gasteiger charge is -2.18. The van der Waals surface area contributed by atoms with Gasteiger partial charge in [0.2, 0.25) is 5.91 Å². The van der Waals surface area contributed by atoms with Crippen molar-refractivity contribution in [3.05, 3.63) is 27.7 Å². The van der Waals surface area contributed by atoms with Crippen LogP contribution in [0.3, 0.4) is 0 Å². The molecule has 114 valence electrons. The largest absolute Gasteiger partial charge is 0.492 e. The van der Waals surface area contributed by atoms with Crippen molar-refractivity contribution in [3.8, 4) is 5.75 Å². The maximum atomic E-state index is 11.5. The van der Waals surface area contributed by atoms with E-state index < -0.39 is 5.54 Å². The van der Waals surface area contributed by atoms with Crippen LogP contribution in [0.25, 0.3) is 0 Å². The predicted octanol–water partition coefficient (Wildman–Crippen LogP) is 3.15. The Labute approximate surface area is 138 Å². The zero-order valence-corrected chi connectivity index (χ0v) is 14.6. The number of carbonyl (C=O) groups excluding carboxylic acids is 1. The first-order chi connectivity index (χ1) is 8.78. The minimum atomic E-state index is -0.407. The number of halogens is 3. The van der Waals surface area contributed by atoms with Gasteiger partial charge in [0.25, 0.3) is 0 Å². The quantitative estimate of drug-likeness (QED) is 0.790. The highest BCUT2D eigenvalue weighted by molar-refractivity contribution is 9.10. The number of rotatable bonds is 6. The number of nitrogens with one attached hydrogen (secondary N) is 1. The molecule has 3 N–H and O–H groups in total. The summed E-state index contributed by atoms with van der Waals surface area (Å²) in [6.45, 7) is 4.46. The first-order valence-electron chi connectivity index (χ1n) is 5.91. The van der Waals surface area contributed by atoms with E-state index in [-0.39, 0.29) is 24.7 Å². The predicted molar refractivity (Wildman–Crippen MR) is 87.8 cm³/mol. The van der Waals surface area contributed by atoms with Gasteiger partial charge < -0.3 is 15.8 Å². The van der Waals surface area contributed by atoms with Crippen molar-refractivity contribution in [3.63, 3.8) is 0 Å². The van der Waals surface area contributed by atoms with Crippen molar-refractivity contribution >= 4 is 45.8 Å². The standard InChI is InChI=1S/C13H18BrClN2O2.ClH/c1-13(2,16)8-17-12(18)5-6-19-11-4-3-9(15)7-10(11)14;/h3-4,7H,5-6,8,16H2,1-2H3,(H,17,18);1H. The summed E-state index contributed by atoms with van der Waals surface area (Å²) in [6, 6.07) is 5.24. The Morgan fingerprint density at radius 3 is 2.70 bits per heavy atom. The number of hydrogen-bond acceptors (Lipinski definition) is 3. The molecule has 1 aromatic rings. The van der Waals surface area contributed by atoms with E-state index in [1.165, 1.54) is 0 Å². The second-order valence-electron chi connectivity index (χ2n) is 4.94. The SMILES string of the molecule is CC(C)(N)CNC(=O)CCOc1ccc(Cl)cc1Br.Cl. The normalized spacial score (nSPS) is 10.7. The number of carbonyl (C=O) groups is 1. The minimum Gasteiger partial charge on any atom is -0.492 e. The van der Waals surface area contributed by atoms with E-state index in [0.717, 1.165) is 4.47 Å². The number of hydrogen-bond donors (Lipinski definition) is 2. The smallest absolute Gasteiger partial charge is 0.223 e. The lowest BCUT2D eigenvalue weighted by molar-refractivity contribution is -0.121. The van der Waals surface area contributed by atoms with Crippen LogP contribution in [0.1, 0.15) is 20.3 Å². The van der Waals surface area contributed by atoms with E-state index in [4.69, 9.17) is 22.1 Å². The average molecular weight is 386 g/mol. The Kier molecular flexibility index (Phi) is 8.51. The topological polar surface area (TPSA) is 64.3 Å². The van der Waals surface area contributed by atoms with E-state index in [2.05, 4.69) is 21.2 Å². The molecule has 7 heteroatoms. The molecule has 0 heterocycles. The monoisotopic (exact) mass is 384 g/mol. The number of nitrogens with two attached hydrogens (primary N) is 1. The summed E-state index contributed by atoms with van der Waals surface area (Å²) in [4.78, 5) is 11.5. The molecule has 1 rings (SSSR count). The van der Waals surface area contributed by atoms with Crippen LogP contribution >= 0.6 is 39.9 Å². The summed E-state index contributed by atoms with van der Waals surface area (Å²) in [5.74, 6) is 0.583. The van der Waals surface area contributed by atoms with E-state index in [1.807, 2.05) is 13.8 Å². The highest BCUT2D eigenvalue weighted by Gasteiger charge is 2.12. The molecule has 0 aliphatic rings. The Morgan fingerprint density at radius 2 is 2.15 bits per heavy atom. The molecule has 0 radical (unpaired) electrons. The first kappa shape index (κ1) is 19.5. The van der Waals surface area contributed by atoms with Crippen LogP contribution in [0.4, 0.5) is 0 Å². The van der Waals surface area contributed by atoms with Gasteiger partial charge in [-0.05, 0) is 48.0 Å². The second-order valence-corrected chi connectivity index (χ2v) is 6.23. The zero-order valence-electron chi connectivity index (χ0n) is 11.4. The van der Waals surface area contributed by atoms with Gasteiger partial charge in [0.05, 0.1) is 17.5 Å². The van der Waals surface area contributed by atoms with Crippen molar-refractivity contribution in [2.24, 2.45) is 5.73 Å². The summed E-state index contributed by atoms with van der Waals surface area (Å²) in [5, 5.41) is 3.38. The molecule has 0 aliphatic carbocycles. The van der Waals surface area contributed by atoms with Crippen LogP contribution in [0.5, 0.6) is 5.75 Å². The van der Waals surface area contributed by atoms with E-state index in [1.54, 1.807) is 18.2 Å². The highest BCUT2D eigenvalue weighted by atomic mass is 79.9. The third-order valence-electron chi connectivity index (χ3n) is 2.22. The Bertz CT molecular complexity index is 450. The number of amides is 1. The molecular formula is C13H19BrCl2N2O2. The summed E-state index contributed by atoms with van der Waals surface area (Å²) < 4.78 is 6.26. The van der Waals surface area contributed by atoms with Crippen molar-refractivity contribution < 1.29 is 9.53 Å². The van der Waals surface area contributed by atoms with Crippen LogP contribution < -0.4 is 15.8 Å². The molecule has 20 heavy (non-hydrogen) atoms. The van der Waals surface area contributed by atoms with E-state index in [9.17, 15) is 4.79 Å². The molecular weight excluding hydrogens is 367 g/mol. The summed E-state index contributed by atoms with van der Waals surface area (Å²) in [5.41, 5.74) is 5.37. The van der Waals surface area contributed by atoms with Crippen molar-refractivity contribution in [1.29, 1.82) is 0 Å². The van der Waals surface area contributed by atoms with Gasteiger partial charge in [0.1, 0.15) is 5.75 Å². The van der Waals surface area contributed by atoms with Crippen LogP contribution in [0.2, 0.25) is 5.02 Å². The van der Waals surface area contributed by atoms with Gasteiger partial charge in [-0.15, -0.1) is 12.4 Å². The molecule has 0 aromatic heterocycles. The van der Waals surface area contributed by atoms with Gasteiger partial charge in [-0.2, -0.15) is 0 Å². The molecule has 1 aromatic carbocycles. The number of benzene rings is 1. The van der Waals surface area contributed by atoms with Gasteiger partial charge in [-0.25, -0.2) is 0 Å². The molecule has 0 saturated heterocycles. The fourth-order valence-electron chi connectivity index (χ4n) is 1.26. The van der Waals surface area contributed by atoms with Crippen molar-refractivity contribution in [2.45, 2.75) is 25.8 Å². The van der Waals surface area contributed by atoms with Crippen molar-refractivity contribution in [2.75, 3.05) is 13.2 Å². The Balaban J connectivity index is 0.00000361. The van der Waals surface area contributed by atoms with Gasteiger partial charge in [-0.1, -0.05) is 11.6 Å². The molecule has 0 unspecified atom stereocenters. The Morgan fingerprint density at radius 1 is 1.50 bits per heavy atom. The summed E-state index contributed by atoms with van der Waals surface area (Å²) in [7, 11) is 0. The first-order valence-corrected chi connectivity index (χ1v) is 7.08. The van der Waals surface area contributed by atoms with Crippen LogP contribution in [0.15, 0.2) is 22.7 Å². The van der Waals surface area contributed by atoms with Crippen LogP contribution in [-0.4, -0.2) is 24.6 Å². The molecule has 0 atom stereocenters. The number of ether oxygens (including phenoxy) is 1. The Hall–Kier alpha value is -0.490. The third kappa shape index (κ3) is 7.94. The summed E-state index contributed by atoms with van der Waals surface area (Å²) in [6.07, 6.45) is 0.283. The minimum absolute atomic E-state index is 0. The van der Waals surface area contributed by atoms with Gasteiger partial charge in [-0.3, -0.25) is 4.79 Å². The molecule has 0 fully saturated rings. The fourth-order valence-corrected chi connectivity index (χ4v) is 2.06. The lowest BCUT2D eigenvalue weighted by Crippen LogP contribution is -2.45. The van der Waals surface area contributed by atoms with Crippen molar-refractivity contribution in [1.82, 2.24) is 5.32 Å². The maximum Gasteiger partial charge on any atom is 0.223 e. The molecule has 0 bridgehead atoms. The molecule has 4 nitrogen and oxygen atoms in total. The van der Waals surface area contributed by atoms with Gasteiger partial charge >= 0.3 is 0 Å². The lowest BCUT2D eigenvalue weighted by atomic mass is 10.1. The molecule has 0 spiro atoms. The maximum absolute atomic E-state index is 11.5. The highest BCUT2D eigenvalue weighted by Crippen LogP contribution is 2.27. The molecule has 1 amide bonds.